The van der Waals surface area contributed by atoms with Crippen LogP contribution in [0.5, 0.6) is 11.6 Å². The summed E-state index contributed by atoms with van der Waals surface area (Å²) in [7, 11) is 0. The molecular weight excluding hydrogens is 366 g/mol. The molecule has 1 aromatic carbocycles. The van der Waals surface area contributed by atoms with Crippen LogP contribution in [0.3, 0.4) is 0 Å². The Morgan fingerprint density at radius 3 is 2.46 bits per heavy atom. The van der Waals surface area contributed by atoms with Crippen LogP contribution in [0.25, 0.3) is 0 Å². The van der Waals surface area contributed by atoms with Crippen molar-refractivity contribution in [2.75, 3.05) is 30.0 Å². The van der Waals surface area contributed by atoms with Crippen LogP contribution >= 0.6 is 11.8 Å². The molecule has 0 radical (unpaired) electrons. The summed E-state index contributed by atoms with van der Waals surface area (Å²) in [6.07, 6.45) is 1.09. The van der Waals surface area contributed by atoms with Gasteiger partial charge in [-0.05, 0) is 58.2 Å². The van der Waals surface area contributed by atoms with Crippen LogP contribution in [-0.4, -0.2) is 40.6 Å². The van der Waals surface area contributed by atoms with Gasteiger partial charge in [-0.15, -0.1) is 11.8 Å². The van der Waals surface area contributed by atoms with Crippen molar-refractivity contribution in [3.63, 3.8) is 0 Å². The largest absolute Gasteiger partial charge is 0.438 e. The van der Waals surface area contributed by atoms with Gasteiger partial charge in [0, 0.05) is 47.7 Å². The van der Waals surface area contributed by atoms with Gasteiger partial charge in [0.15, 0.2) is 0 Å². The fourth-order valence-corrected chi connectivity index (χ4v) is 4.80. The monoisotopic (exact) mass is 399 g/mol. The first kappa shape index (κ1) is 21.0. The number of thioether (sulfide) groups is 1. The molecule has 5 heteroatoms. The third-order valence-electron chi connectivity index (χ3n) is 5.32. The smallest absolute Gasteiger partial charge is 0.224 e. The zero-order valence-electron chi connectivity index (χ0n) is 18.1. The minimum Gasteiger partial charge on any atom is -0.438 e. The van der Waals surface area contributed by atoms with Crippen molar-refractivity contribution in [1.29, 1.82) is 0 Å². The van der Waals surface area contributed by atoms with Crippen LogP contribution in [0.1, 0.15) is 41.3 Å². The molecule has 1 fully saturated rings. The number of anilines is 1. The number of nitrogens with one attached hydrogen (secondary N) is 1. The molecule has 0 aliphatic carbocycles. The summed E-state index contributed by atoms with van der Waals surface area (Å²) in [6, 6.07) is 6.88. The van der Waals surface area contributed by atoms with Gasteiger partial charge in [0.2, 0.25) is 5.88 Å². The highest BCUT2D eigenvalue weighted by Crippen LogP contribution is 2.33. The molecule has 1 aromatic heterocycles. The fraction of sp³-hybridized carbons (Fsp3) is 0.522. The maximum Gasteiger partial charge on any atom is 0.224 e. The second-order valence-electron chi connectivity index (χ2n) is 7.94. The normalized spacial score (nSPS) is 15.6. The highest BCUT2D eigenvalue weighted by atomic mass is 32.2. The summed E-state index contributed by atoms with van der Waals surface area (Å²) >= 11 is 2.02. The molecular formula is C23H33N3OS. The van der Waals surface area contributed by atoms with Gasteiger partial charge in [0.25, 0.3) is 0 Å². The first-order valence-electron chi connectivity index (χ1n) is 10.2. The van der Waals surface area contributed by atoms with Gasteiger partial charge >= 0.3 is 0 Å². The molecule has 28 heavy (non-hydrogen) atoms. The fourth-order valence-electron chi connectivity index (χ4n) is 3.79. The van der Waals surface area contributed by atoms with Crippen molar-refractivity contribution in [1.82, 2.24) is 9.88 Å². The molecule has 0 spiro atoms. The van der Waals surface area contributed by atoms with Gasteiger partial charge in [-0.3, -0.25) is 4.90 Å². The summed E-state index contributed by atoms with van der Waals surface area (Å²) in [5, 5.41) is 3.76. The highest BCUT2D eigenvalue weighted by Gasteiger charge is 2.19. The zero-order chi connectivity index (χ0) is 20.3. The lowest BCUT2D eigenvalue weighted by atomic mass is 10.1. The second-order valence-corrected chi connectivity index (χ2v) is 9.01. The summed E-state index contributed by atoms with van der Waals surface area (Å²) in [5.74, 6) is 4.01. The standard InChI is InChI=1S/C23H33N3OS/c1-7-20(13-26-8-9-28-14-26)25-21-12-18(5)24-23(19(21)6)27-22-16(3)10-15(2)11-17(22)4/h10-12,20H,7-9,13-14H2,1-6H3,(H,24,25). The van der Waals surface area contributed by atoms with E-state index in [1.54, 1.807) is 0 Å². The highest BCUT2D eigenvalue weighted by molar-refractivity contribution is 7.99. The van der Waals surface area contributed by atoms with Crippen LogP contribution in [-0.2, 0) is 0 Å². The van der Waals surface area contributed by atoms with Crippen molar-refractivity contribution in [3.05, 3.63) is 46.1 Å². The minimum atomic E-state index is 0.426. The van der Waals surface area contributed by atoms with Crippen LogP contribution in [0.15, 0.2) is 18.2 Å². The predicted octanol–water partition coefficient (Wildman–Crippen LogP) is 5.61. The Hall–Kier alpha value is -1.72. The Bertz CT molecular complexity index is 808. The topological polar surface area (TPSA) is 37.4 Å². The first-order valence-corrected chi connectivity index (χ1v) is 11.3. The van der Waals surface area contributed by atoms with Crippen LogP contribution < -0.4 is 10.1 Å². The van der Waals surface area contributed by atoms with Gasteiger partial charge in [-0.1, -0.05) is 24.6 Å². The van der Waals surface area contributed by atoms with Gasteiger partial charge in [-0.2, -0.15) is 0 Å². The van der Waals surface area contributed by atoms with Gasteiger partial charge in [0.05, 0.1) is 0 Å². The first-order chi connectivity index (χ1) is 13.4. The maximum absolute atomic E-state index is 6.33. The summed E-state index contributed by atoms with van der Waals surface area (Å²) in [4.78, 5) is 7.23. The van der Waals surface area contributed by atoms with E-state index < -0.39 is 0 Å². The lowest BCUT2D eigenvalue weighted by molar-refractivity contribution is 0.334. The van der Waals surface area contributed by atoms with Gasteiger partial charge in [0.1, 0.15) is 5.75 Å². The molecule has 0 amide bonds. The molecule has 1 unspecified atom stereocenters. The van der Waals surface area contributed by atoms with E-state index in [4.69, 9.17) is 9.72 Å². The van der Waals surface area contributed by atoms with E-state index in [1.165, 1.54) is 17.9 Å². The van der Waals surface area contributed by atoms with Crippen molar-refractivity contribution in [2.24, 2.45) is 0 Å². The van der Waals surface area contributed by atoms with Crippen LogP contribution in [0.2, 0.25) is 0 Å². The van der Waals surface area contributed by atoms with Crippen molar-refractivity contribution < 1.29 is 4.74 Å². The Balaban J connectivity index is 1.83. The van der Waals surface area contributed by atoms with E-state index in [9.17, 15) is 0 Å². The van der Waals surface area contributed by atoms with E-state index in [0.717, 1.165) is 52.7 Å². The quantitative estimate of drug-likeness (QED) is 0.655. The lowest BCUT2D eigenvalue weighted by Crippen LogP contribution is -2.35. The molecule has 2 heterocycles. The van der Waals surface area contributed by atoms with E-state index in [1.807, 2.05) is 18.7 Å². The molecule has 1 N–H and O–H groups in total. The Kier molecular flexibility index (Phi) is 6.89. The Labute approximate surface area is 174 Å². The average molecular weight is 400 g/mol. The molecule has 2 aromatic rings. The number of ether oxygens (including phenoxy) is 1. The summed E-state index contributed by atoms with van der Waals surface area (Å²) in [5.41, 5.74) is 6.71. The van der Waals surface area contributed by atoms with Crippen LogP contribution in [0.4, 0.5) is 5.69 Å². The summed E-state index contributed by atoms with van der Waals surface area (Å²) < 4.78 is 6.33. The third-order valence-corrected chi connectivity index (χ3v) is 6.34. The number of pyridine rings is 1. The molecule has 4 nitrogen and oxygen atoms in total. The SMILES string of the molecule is CCC(CN1CCSC1)Nc1cc(C)nc(Oc2c(C)cc(C)cc2C)c1C. The molecule has 3 rings (SSSR count). The number of aryl methyl sites for hydroxylation is 4. The van der Waals surface area contributed by atoms with Gasteiger partial charge < -0.3 is 10.1 Å². The predicted molar refractivity (Wildman–Crippen MR) is 121 cm³/mol. The minimum absolute atomic E-state index is 0.426. The van der Waals surface area contributed by atoms with E-state index in [0.29, 0.717) is 11.9 Å². The van der Waals surface area contributed by atoms with E-state index in [-0.39, 0.29) is 0 Å². The lowest BCUT2D eigenvalue weighted by Gasteiger charge is -2.25. The number of aromatic nitrogens is 1. The van der Waals surface area contributed by atoms with E-state index >= 15 is 0 Å². The molecule has 152 valence electrons. The number of rotatable bonds is 7. The second kappa shape index (κ2) is 9.19. The molecule has 1 saturated heterocycles. The number of hydrogen-bond donors (Lipinski definition) is 1. The third kappa shape index (κ3) is 5.00. The van der Waals surface area contributed by atoms with Gasteiger partial charge in [-0.25, -0.2) is 4.98 Å². The van der Waals surface area contributed by atoms with Crippen LogP contribution in [0, 0.1) is 34.6 Å². The molecule has 1 atom stereocenters. The number of benzene rings is 1. The van der Waals surface area contributed by atoms with Crippen molar-refractivity contribution in [2.45, 2.75) is 54.0 Å². The maximum atomic E-state index is 6.33. The molecule has 0 bridgehead atoms. The Morgan fingerprint density at radius 1 is 1.14 bits per heavy atom. The molecule has 1 aliphatic rings. The van der Waals surface area contributed by atoms with Crippen molar-refractivity contribution in [3.8, 4) is 11.6 Å². The summed E-state index contributed by atoms with van der Waals surface area (Å²) in [6.45, 7) is 15.0. The average Bonchev–Trinajstić information content (AvgIpc) is 3.14. The zero-order valence-corrected chi connectivity index (χ0v) is 18.9. The molecule has 1 aliphatic heterocycles. The number of nitrogens with zero attached hydrogens (tertiary/aromatic N) is 2. The Morgan fingerprint density at radius 2 is 1.86 bits per heavy atom. The number of hydrogen-bond acceptors (Lipinski definition) is 5. The molecule has 0 saturated carbocycles. The van der Waals surface area contributed by atoms with E-state index in [2.05, 4.69) is 63.0 Å². The van der Waals surface area contributed by atoms with Crippen molar-refractivity contribution >= 4 is 17.4 Å².